The maximum Gasteiger partial charge on any atom is 0.306 e. The normalized spacial score (nSPS) is 23.3. The average Bonchev–Trinajstić information content (AvgIpc) is 3.01. The Kier molecular flexibility index (Phi) is 12.5. The Labute approximate surface area is 193 Å². The Morgan fingerprint density at radius 1 is 0.875 bits per heavy atom. The minimum Gasteiger partial charge on any atom is -0.462 e. The fraction of sp³-hybridized carbons (Fsp3) is 0.818. The molecule has 0 N–H and O–H groups in total. The van der Waals surface area contributed by atoms with E-state index >= 15 is 0 Å². The van der Waals surface area contributed by atoms with Crippen LogP contribution in [0.5, 0.6) is 0 Å². The zero-order valence-electron chi connectivity index (χ0n) is 19.5. The topological polar surface area (TPSA) is 114 Å². The molecule has 1 aliphatic rings. The summed E-state index contributed by atoms with van der Waals surface area (Å²) in [5, 5.41) is -1.46. The third-order valence-electron chi connectivity index (χ3n) is 4.68. The van der Waals surface area contributed by atoms with Crippen LogP contribution in [-0.4, -0.2) is 70.9 Å². The first-order chi connectivity index (χ1) is 15.2. The van der Waals surface area contributed by atoms with Crippen molar-refractivity contribution < 1.29 is 42.9 Å². The predicted molar refractivity (Wildman–Crippen MR) is 115 cm³/mol. The number of hydrogen-bond acceptors (Lipinski definition) is 9. The highest BCUT2D eigenvalue weighted by atomic mass is 28.1. The SMILES string of the molecule is CCCC(=O)OC[C@@H](OC(=O)CCC)[C@H]1OC[C@@]([Si])(OC(=O)CCC)[C@H]1OC(=O)CCC. The van der Waals surface area contributed by atoms with Gasteiger partial charge in [-0.1, -0.05) is 27.7 Å². The van der Waals surface area contributed by atoms with Crippen LogP contribution in [0, 0.1) is 0 Å². The van der Waals surface area contributed by atoms with Gasteiger partial charge in [0.15, 0.2) is 17.4 Å². The summed E-state index contributed by atoms with van der Waals surface area (Å²) in [5.41, 5.74) is 0. The maximum absolute atomic E-state index is 12.3. The van der Waals surface area contributed by atoms with Crippen LogP contribution in [0.3, 0.4) is 0 Å². The van der Waals surface area contributed by atoms with Gasteiger partial charge in [0.25, 0.3) is 0 Å². The second-order valence-corrected chi connectivity index (χ2v) is 8.61. The van der Waals surface area contributed by atoms with Crippen molar-refractivity contribution in [2.45, 2.75) is 103 Å². The van der Waals surface area contributed by atoms with Crippen molar-refractivity contribution in [1.82, 2.24) is 0 Å². The molecule has 1 heterocycles. The molecule has 32 heavy (non-hydrogen) atoms. The zero-order chi connectivity index (χ0) is 24.1. The number of ether oxygens (including phenoxy) is 5. The first kappa shape index (κ1) is 28.1. The van der Waals surface area contributed by atoms with Gasteiger partial charge >= 0.3 is 23.9 Å². The summed E-state index contributed by atoms with van der Waals surface area (Å²) >= 11 is 0. The lowest BCUT2D eigenvalue weighted by molar-refractivity contribution is -0.181. The van der Waals surface area contributed by atoms with Gasteiger partial charge in [-0.3, -0.25) is 19.2 Å². The quantitative estimate of drug-likeness (QED) is 0.214. The smallest absolute Gasteiger partial charge is 0.306 e. The summed E-state index contributed by atoms with van der Waals surface area (Å²) in [6, 6.07) is 0. The molecule has 181 valence electrons. The molecule has 0 aromatic carbocycles. The molecule has 1 saturated heterocycles. The van der Waals surface area contributed by atoms with Crippen LogP contribution in [0.15, 0.2) is 0 Å². The third kappa shape index (κ3) is 8.89. The molecule has 4 atom stereocenters. The Morgan fingerprint density at radius 2 is 1.41 bits per heavy atom. The Morgan fingerprint density at radius 3 is 2.00 bits per heavy atom. The minimum absolute atomic E-state index is 0.140. The van der Waals surface area contributed by atoms with E-state index in [9.17, 15) is 19.2 Å². The van der Waals surface area contributed by atoms with Crippen molar-refractivity contribution >= 4 is 34.1 Å². The van der Waals surface area contributed by atoms with E-state index in [4.69, 9.17) is 23.7 Å². The van der Waals surface area contributed by atoms with Gasteiger partial charge in [-0.15, -0.1) is 0 Å². The molecular formula is C22H35O9Si. The highest BCUT2D eigenvalue weighted by molar-refractivity contribution is 6.16. The van der Waals surface area contributed by atoms with Gasteiger partial charge in [-0.05, 0) is 25.7 Å². The lowest BCUT2D eigenvalue weighted by Crippen LogP contribution is -2.54. The van der Waals surface area contributed by atoms with Crippen molar-refractivity contribution in [3.05, 3.63) is 0 Å². The molecule has 1 aliphatic heterocycles. The lowest BCUT2D eigenvalue weighted by atomic mass is 10.0. The van der Waals surface area contributed by atoms with Crippen molar-refractivity contribution in [1.29, 1.82) is 0 Å². The molecule has 0 amide bonds. The number of esters is 4. The van der Waals surface area contributed by atoms with Crippen LogP contribution >= 0.6 is 0 Å². The minimum atomic E-state index is -1.46. The van der Waals surface area contributed by atoms with E-state index < -0.39 is 47.4 Å². The van der Waals surface area contributed by atoms with E-state index in [0.717, 1.165) is 0 Å². The van der Waals surface area contributed by atoms with E-state index in [1.54, 1.807) is 0 Å². The molecule has 10 heteroatoms. The van der Waals surface area contributed by atoms with Gasteiger partial charge < -0.3 is 23.7 Å². The molecule has 0 aliphatic carbocycles. The molecule has 0 spiro atoms. The summed E-state index contributed by atoms with van der Waals surface area (Å²) < 4.78 is 27.8. The van der Waals surface area contributed by atoms with Crippen LogP contribution in [-0.2, 0) is 42.9 Å². The van der Waals surface area contributed by atoms with Crippen molar-refractivity contribution in [3.8, 4) is 0 Å². The maximum atomic E-state index is 12.3. The molecule has 0 saturated carbocycles. The largest absolute Gasteiger partial charge is 0.462 e. The second-order valence-electron chi connectivity index (χ2n) is 7.76. The standard InChI is InChI=1S/C22H35O9Si/c1-5-9-16(23)27-13-15(29-17(24)10-6-2)20-21(30-18(25)11-7-3)22(32,14-28-20)31-19(26)12-8-4/h15,20-21H,5-14H2,1-4H3/t15-,20-,21+,22+/m1/s1. The van der Waals surface area contributed by atoms with Crippen LogP contribution < -0.4 is 0 Å². The fourth-order valence-electron chi connectivity index (χ4n) is 3.15. The number of hydrogen-bond donors (Lipinski definition) is 0. The molecule has 1 fully saturated rings. The summed E-state index contributed by atoms with van der Waals surface area (Å²) in [7, 11) is 3.44. The van der Waals surface area contributed by atoms with Crippen molar-refractivity contribution in [3.63, 3.8) is 0 Å². The second kappa shape index (κ2) is 14.3. The lowest BCUT2D eigenvalue weighted by Gasteiger charge is -2.33. The third-order valence-corrected chi connectivity index (χ3v) is 5.21. The van der Waals surface area contributed by atoms with Crippen LogP contribution in [0.1, 0.15) is 79.1 Å². The van der Waals surface area contributed by atoms with Gasteiger partial charge in [0, 0.05) is 25.7 Å². The van der Waals surface area contributed by atoms with Gasteiger partial charge in [0.1, 0.15) is 12.7 Å². The molecule has 0 aromatic rings. The van der Waals surface area contributed by atoms with Gasteiger partial charge in [-0.25, -0.2) is 0 Å². The average molecular weight is 472 g/mol. The summed E-state index contributed by atoms with van der Waals surface area (Å²) in [5.74, 6) is -1.94. The monoisotopic (exact) mass is 471 g/mol. The Hall–Kier alpha value is -1.94. The summed E-state index contributed by atoms with van der Waals surface area (Å²) in [6.45, 7) is 6.92. The molecule has 0 unspecified atom stereocenters. The van der Waals surface area contributed by atoms with Gasteiger partial charge in [-0.2, -0.15) is 0 Å². The van der Waals surface area contributed by atoms with E-state index in [1.807, 2.05) is 27.7 Å². The number of rotatable bonds is 14. The Bertz CT molecular complexity index is 639. The van der Waals surface area contributed by atoms with Crippen LogP contribution in [0.25, 0.3) is 0 Å². The van der Waals surface area contributed by atoms with Gasteiger partial charge in [0.05, 0.1) is 16.8 Å². The molecule has 9 nitrogen and oxygen atoms in total. The molecule has 1 rings (SSSR count). The summed E-state index contributed by atoms with van der Waals surface area (Å²) in [4.78, 5) is 48.6. The number of carbonyl (C=O) groups is 4. The van der Waals surface area contributed by atoms with Crippen molar-refractivity contribution in [2.24, 2.45) is 0 Å². The molecular weight excluding hydrogens is 436 g/mol. The predicted octanol–water partition coefficient (Wildman–Crippen LogP) is 2.36. The Balaban J connectivity index is 3.14. The van der Waals surface area contributed by atoms with Gasteiger partial charge in [0.2, 0.25) is 0 Å². The first-order valence-electron chi connectivity index (χ1n) is 11.3. The summed E-state index contributed by atoms with van der Waals surface area (Å²) in [6.07, 6.45) is -0.133. The van der Waals surface area contributed by atoms with E-state index in [2.05, 4.69) is 10.2 Å². The van der Waals surface area contributed by atoms with Crippen molar-refractivity contribution in [2.75, 3.05) is 13.2 Å². The molecule has 0 bridgehead atoms. The first-order valence-corrected chi connectivity index (χ1v) is 11.8. The van der Waals surface area contributed by atoms with Crippen LogP contribution in [0.4, 0.5) is 0 Å². The van der Waals surface area contributed by atoms with Crippen LogP contribution in [0.2, 0.25) is 0 Å². The fourth-order valence-corrected chi connectivity index (χ4v) is 3.57. The molecule has 3 radical (unpaired) electrons. The number of carbonyl (C=O) groups excluding carboxylic acids is 4. The van der Waals surface area contributed by atoms with E-state index in [-0.39, 0.29) is 38.9 Å². The molecule has 0 aromatic heterocycles. The van der Waals surface area contributed by atoms with E-state index in [0.29, 0.717) is 25.7 Å². The van der Waals surface area contributed by atoms with E-state index in [1.165, 1.54) is 0 Å². The highest BCUT2D eigenvalue weighted by Gasteiger charge is 2.55. The zero-order valence-corrected chi connectivity index (χ0v) is 20.5. The highest BCUT2D eigenvalue weighted by Crippen LogP contribution is 2.33.